The average molecular weight is 256 g/mol. The van der Waals surface area contributed by atoms with Crippen molar-refractivity contribution in [2.24, 2.45) is 5.41 Å². The third-order valence-corrected chi connectivity index (χ3v) is 2.72. The second-order valence-corrected chi connectivity index (χ2v) is 4.41. The molecule has 0 spiro atoms. The summed E-state index contributed by atoms with van der Waals surface area (Å²) in [5.74, 6) is -1.68. The zero-order valence-electron chi connectivity index (χ0n) is 10.6. The highest BCUT2D eigenvalue weighted by atomic mass is 16.5. The number of nitrogens with zero attached hydrogens (tertiary/aromatic N) is 1. The van der Waals surface area contributed by atoms with Gasteiger partial charge in [-0.1, -0.05) is 0 Å². The number of imide groups is 1. The predicted octanol–water partition coefficient (Wildman–Crippen LogP) is -0.303. The van der Waals surface area contributed by atoms with Gasteiger partial charge in [-0.05, 0) is 20.8 Å². The van der Waals surface area contributed by atoms with E-state index in [1.165, 1.54) is 13.8 Å². The van der Waals surface area contributed by atoms with Crippen LogP contribution in [0.25, 0.3) is 0 Å². The summed E-state index contributed by atoms with van der Waals surface area (Å²) in [6.45, 7) is 4.08. The van der Waals surface area contributed by atoms with Crippen LogP contribution in [0.1, 0.15) is 20.8 Å². The van der Waals surface area contributed by atoms with Crippen molar-refractivity contribution in [1.82, 2.24) is 10.2 Å². The Morgan fingerprint density at radius 2 is 2.00 bits per heavy atom. The van der Waals surface area contributed by atoms with Gasteiger partial charge in [-0.2, -0.15) is 0 Å². The summed E-state index contributed by atoms with van der Waals surface area (Å²) in [6, 6.07) is -0.618. The number of hydrogen-bond donors (Lipinski definition) is 1. The zero-order chi connectivity index (χ0) is 13.9. The highest BCUT2D eigenvalue weighted by Gasteiger charge is 2.41. The molecule has 0 bridgehead atoms. The van der Waals surface area contributed by atoms with Gasteiger partial charge in [0.25, 0.3) is 0 Å². The van der Waals surface area contributed by atoms with Crippen molar-refractivity contribution in [1.29, 1.82) is 0 Å². The quantitative estimate of drug-likeness (QED) is 0.414. The maximum Gasteiger partial charge on any atom is 0.324 e. The minimum atomic E-state index is -1.38. The first-order valence-electron chi connectivity index (χ1n) is 5.59. The largest absolute Gasteiger partial charge is 0.465 e. The topological polar surface area (TPSA) is 92.8 Å². The van der Waals surface area contributed by atoms with E-state index in [0.29, 0.717) is 0 Å². The molecule has 1 fully saturated rings. The number of Topliss-reactive ketones (excluding diaryl/α,β-unsaturated/α-hetero) is 1. The fourth-order valence-corrected chi connectivity index (χ4v) is 1.38. The van der Waals surface area contributed by atoms with Crippen LogP contribution >= 0.6 is 0 Å². The molecular formula is C11H16N2O5. The smallest absolute Gasteiger partial charge is 0.324 e. The summed E-state index contributed by atoms with van der Waals surface area (Å²) in [5.41, 5.74) is -1.38. The van der Waals surface area contributed by atoms with E-state index in [2.05, 4.69) is 5.32 Å². The number of urea groups is 1. The molecule has 1 aliphatic heterocycles. The van der Waals surface area contributed by atoms with E-state index >= 15 is 0 Å². The minimum Gasteiger partial charge on any atom is -0.465 e. The van der Waals surface area contributed by atoms with Crippen molar-refractivity contribution in [2.75, 3.05) is 19.7 Å². The van der Waals surface area contributed by atoms with E-state index in [0.717, 1.165) is 4.90 Å². The van der Waals surface area contributed by atoms with Gasteiger partial charge >= 0.3 is 12.0 Å². The number of amides is 3. The van der Waals surface area contributed by atoms with Crippen molar-refractivity contribution in [3.05, 3.63) is 0 Å². The van der Waals surface area contributed by atoms with E-state index in [1.54, 1.807) is 6.92 Å². The van der Waals surface area contributed by atoms with Gasteiger partial charge in [-0.15, -0.1) is 0 Å². The predicted molar refractivity (Wildman–Crippen MR) is 60.5 cm³/mol. The Hall–Kier alpha value is -1.92. The molecule has 0 aliphatic carbocycles. The Kier molecular flexibility index (Phi) is 4.05. The van der Waals surface area contributed by atoms with Crippen LogP contribution < -0.4 is 5.32 Å². The minimum absolute atomic E-state index is 0.119. The van der Waals surface area contributed by atoms with Gasteiger partial charge in [-0.3, -0.25) is 19.3 Å². The van der Waals surface area contributed by atoms with Crippen LogP contribution in [0.15, 0.2) is 0 Å². The summed E-state index contributed by atoms with van der Waals surface area (Å²) in [6.07, 6.45) is 0. The maximum atomic E-state index is 12.0. The molecule has 7 heteroatoms. The Labute approximate surface area is 104 Å². The highest BCUT2D eigenvalue weighted by Crippen LogP contribution is 2.20. The Bertz CT molecular complexity index is 386. The number of ketones is 1. The van der Waals surface area contributed by atoms with Crippen LogP contribution in [0.5, 0.6) is 0 Å². The standard InChI is InChI=1S/C11H16N2O5/c1-4-18-9(16)11(2,3)7(14)6-13-8(15)5-12-10(13)17/h4-6H2,1-3H3,(H,12,17). The molecule has 7 nitrogen and oxygen atoms in total. The van der Waals surface area contributed by atoms with Gasteiger partial charge in [0.1, 0.15) is 5.41 Å². The second kappa shape index (κ2) is 5.16. The van der Waals surface area contributed by atoms with Crippen molar-refractivity contribution < 1.29 is 23.9 Å². The van der Waals surface area contributed by atoms with Gasteiger partial charge in [0.15, 0.2) is 5.78 Å². The molecule has 0 aromatic carbocycles. The molecular weight excluding hydrogens is 240 g/mol. The third-order valence-electron chi connectivity index (χ3n) is 2.72. The number of rotatable bonds is 5. The van der Waals surface area contributed by atoms with Crippen LogP contribution in [0, 0.1) is 5.41 Å². The van der Waals surface area contributed by atoms with E-state index < -0.39 is 35.7 Å². The average Bonchev–Trinajstić information content (AvgIpc) is 2.61. The lowest BCUT2D eigenvalue weighted by Gasteiger charge is -2.22. The van der Waals surface area contributed by atoms with Gasteiger partial charge in [0, 0.05) is 0 Å². The van der Waals surface area contributed by atoms with Crippen molar-refractivity contribution in [3.8, 4) is 0 Å². The van der Waals surface area contributed by atoms with Gasteiger partial charge in [0.2, 0.25) is 5.91 Å². The monoisotopic (exact) mass is 256 g/mol. The summed E-state index contributed by atoms with van der Waals surface area (Å²) >= 11 is 0. The summed E-state index contributed by atoms with van der Waals surface area (Å²) in [5, 5.41) is 2.30. The number of carbonyl (C=O) groups is 4. The van der Waals surface area contributed by atoms with E-state index in [1.807, 2.05) is 0 Å². The van der Waals surface area contributed by atoms with Gasteiger partial charge in [-0.25, -0.2) is 4.79 Å². The van der Waals surface area contributed by atoms with Crippen LogP contribution in [-0.4, -0.2) is 48.3 Å². The summed E-state index contributed by atoms with van der Waals surface area (Å²) < 4.78 is 4.78. The zero-order valence-corrected chi connectivity index (χ0v) is 10.6. The lowest BCUT2D eigenvalue weighted by Crippen LogP contribution is -2.44. The molecule has 0 aromatic rings. The summed E-state index contributed by atoms with van der Waals surface area (Å²) in [4.78, 5) is 46.9. The van der Waals surface area contributed by atoms with E-state index in [4.69, 9.17) is 4.74 Å². The SMILES string of the molecule is CCOC(=O)C(C)(C)C(=O)CN1C(=O)CNC1=O. The van der Waals surface area contributed by atoms with Gasteiger partial charge < -0.3 is 10.1 Å². The number of nitrogens with one attached hydrogen (secondary N) is 1. The molecule has 1 aliphatic rings. The number of carbonyl (C=O) groups excluding carboxylic acids is 4. The molecule has 100 valence electrons. The van der Waals surface area contributed by atoms with Gasteiger partial charge in [0.05, 0.1) is 19.7 Å². The summed E-state index contributed by atoms with van der Waals surface area (Å²) in [7, 11) is 0. The Morgan fingerprint density at radius 3 is 2.44 bits per heavy atom. The Morgan fingerprint density at radius 1 is 1.39 bits per heavy atom. The second-order valence-electron chi connectivity index (χ2n) is 4.41. The molecule has 1 heterocycles. The number of esters is 1. The normalized spacial score (nSPS) is 15.6. The molecule has 1 saturated heterocycles. The lowest BCUT2D eigenvalue weighted by molar-refractivity contribution is -0.158. The van der Waals surface area contributed by atoms with Crippen molar-refractivity contribution in [2.45, 2.75) is 20.8 Å². The molecule has 1 N–H and O–H groups in total. The van der Waals surface area contributed by atoms with Crippen LogP contribution in [0.2, 0.25) is 0 Å². The van der Waals surface area contributed by atoms with Crippen LogP contribution in [0.4, 0.5) is 4.79 Å². The fraction of sp³-hybridized carbons (Fsp3) is 0.636. The highest BCUT2D eigenvalue weighted by molar-refractivity contribution is 6.09. The van der Waals surface area contributed by atoms with E-state index in [-0.39, 0.29) is 13.2 Å². The molecule has 0 saturated carbocycles. The molecule has 0 aromatic heterocycles. The maximum absolute atomic E-state index is 12.0. The lowest BCUT2D eigenvalue weighted by atomic mass is 9.88. The molecule has 1 rings (SSSR count). The van der Waals surface area contributed by atoms with Crippen LogP contribution in [-0.2, 0) is 19.1 Å². The first kappa shape index (κ1) is 14.1. The fourth-order valence-electron chi connectivity index (χ4n) is 1.38. The molecule has 0 radical (unpaired) electrons. The third kappa shape index (κ3) is 2.66. The van der Waals surface area contributed by atoms with Crippen molar-refractivity contribution in [3.63, 3.8) is 0 Å². The molecule has 0 unspecified atom stereocenters. The first-order chi connectivity index (χ1) is 8.30. The number of hydrogen-bond acceptors (Lipinski definition) is 5. The Balaban J connectivity index is 2.72. The first-order valence-corrected chi connectivity index (χ1v) is 5.59. The van der Waals surface area contributed by atoms with Crippen LogP contribution in [0.3, 0.4) is 0 Å². The molecule has 0 atom stereocenters. The number of ether oxygens (including phenoxy) is 1. The van der Waals surface area contributed by atoms with Crippen molar-refractivity contribution >= 4 is 23.7 Å². The van der Waals surface area contributed by atoms with E-state index in [9.17, 15) is 19.2 Å². The molecule has 3 amide bonds. The molecule has 18 heavy (non-hydrogen) atoms.